The highest BCUT2D eigenvalue weighted by molar-refractivity contribution is 5.92. The van der Waals surface area contributed by atoms with Crippen LogP contribution in [-0.4, -0.2) is 35.3 Å². The number of nitrogens with zero attached hydrogens (tertiary/aromatic N) is 3. The van der Waals surface area contributed by atoms with Gasteiger partial charge in [0.05, 0.1) is 6.04 Å². The van der Waals surface area contributed by atoms with Gasteiger partial charge in [-0.25, -0.2) is 0 Å². The molecule has 1 aromatic carbocycles. The Morgan fingerprint density at radius 1 is 1.30 bits per heavy atom. The molecule has 104 valence electrons. The molecule has 2 aromatic rings. The Kier molecular flexibility index (Phi) is 3.18. The molecule has 0 fully saturated rings. The lowest BCUT2D eigenvalue weighted by molar-refractivity contribution is 0.0931. The Morgan fingerprint density at radius 2 is 2.10 bits per heavy atom. The third kappa shape index (κ3) is 2.39. The van der Waals surface area contributed by atoms with Crippen molar-refractivity contribution in [1.82, 2.24) is 15.1 Å². The number of hydrogen-bond acceptors (Lipinski definition) is 3. The molecule has 0 saturated heterocycles. The topological polar surface area (TPSA) is 50.2 Å². The summed E-state index contributed by atoms with van der Waals surface area (Å²) in [6.07, 6.45) is 2.64. The van der Waals surface area contributed by atoms with E-state index in [1.54, 1.807) is 24.0 Å². The van der Waals surface area contributed by atoms with Crippen LogP contribution in [0.25, 0.3) is 0 Å². The number of amides is 1. The standard InChI is InChI=1S/C15H18N4O/c1-18-10-12(9-11-5-3-4-6-14(11)18)16-15(20)13-7-8-19(2)17-13/h3-8,12H,9-10H2,1-2H3,(H,16,20)/t12-/m0/s1. The van der Waals surface area contributed by atoms with E-state index < -0.39 is 0 Å². The van der Waals surface area contributed by atoms with Crippen molar-refractivity contribution < 1.29 is 4.79 Å². The lowest BCUT2D eigenvalue weighted by Crippen LogP contribution is -2.47. The first-order valence-corrected chi connectivity index (χ1v) is 6.73. The third-order valence-electron chi connectivity index (χ3n) is 3.64. The molecule has 20 heavy (non-hydrogen) atoms. The van der Waals surface area contributed by atoms with Crippen molar-refractivity contribution in [2.75, 3.05) is 18.5 Å². The van der Waals surface area contributed by atoms with Crippen LogP contribution in [0.15, 0.2) is 36.5 Å². The smallest absolute Gasteiger partial charge is 0.272 e. The molecule has 0 spiro atoms. The molecule has 1 aliphatic heterocycles. The zero-order chi connectivity index (χ0) is 14.1. The summed E-state index contributed by atoms with van der Waals surface area (Å²) in [5, 5.41) is 7.19. The van der Waals surface area contributed by atoms with Gasteiger partial charge in [0.25, 0.3) is 5.91 Å². The number of likely N-dealkylation sites (N-methyl/N-ethyl adjacent to an activating group) is 1. The van der Waals surface area contributed by atoms with Crippen LogP contribution in [0.5, 0.6) is 0 Å². The zero-order valence-electron chi connectivity index (χ0n) is 11.7. The molecule has 5 nitrogen and oxygen atoms in total. The largest absolute Gasteiger partial charge is 0.372 e. The van der Waals surface area contributed by atoms with Gasteiger partial charge in [-0.2, -0.15) is 5.10 Å². The van der Waals surface area contributed by atoms with Gasteiger partial charge >= 0.3 is 0 Å². The van der Waals surface area contributed by atoms with Crippen molar-refractivity contribution >= 4 is 11.6 Å². The van der Waals surface area contributed by atoms with Gasteiger partial charge in [-0.05, 0) is 24.1 Å². The number of carbonyl (C=O) groups excluding carboxylic acids is 1. The molecule has 3 rings (SSSR count). The Bertz CT molecular complexity index is 634. The lowest BCUT2D eigenvalue weighted by atomic mass is 9.98. The van der Waals surface area contributed by atoms with Crippen molar-refractivity contribution in [3.63, 3.8) is 0 Å². The molecule has 0 aliphatic carbocycles. The maximum atomic E-state index is 12.1. The van der Waals surface area contributed by atoms with E-state index in [0.717, 1.165) is 13.0 Å². The highest BCUT2D eigenvalue weighted by atomic mass is 16.2. The average molecular weight is 270 g/mol. The predicted octanol–water partition coefficient (Wildman–Crippen LogP) is 1.21. The Balaban J connectivity index is 1.72. The zero-order valence-corrected chi connectivity index (χ0v) is 11.7. The molecule has 1 amide bonds. The van der Waals surface area contributed by atoms with E-state index in [1.807, 2.05) is 12.1 Å². The summed E-state index contributed by atoms with van der Waals surface area (Å²) in [6.45, 7) is 0.815. The van der Waals surface area contributed by atoms with Gasteiger partial charge in [-0.1, -0.05) is 18.2 Å². The molecule has 0 unspecified atom stereocenters. The fraction of sp³-hybridized carbons (Fsp3) is 0.333. The molecule has 1 N–H and O–H groups in total. The van der Waals surface area contributed by atoms with Crippen molar-refractivity contribution in [1.29, 1.82) is 0 Å². The molecule has 1 atom stereocenters. The van der Waals surface area contributed by atoms with Crippen LogP contribution in [0.2, 0.25) is 0 Å². The van der Waals surface area contributed by atoms with Crippen LogP contribution < -0.4 is 10.2 Å². The number of nitrogens with one attached hydrogen (secondary N) is 1. The maximum absolute atomic E-state index is 12.1. The first kappa shape index (κ1) is 12.7. The molecular weight excluding hydrogens is 252 g/mol. The number of benzene rings is 1. The summed E-state index contributed by atoms with van der Waals surface area (Å²) in [5.41, 5.74) is 2.98. The number of hydrogen-bond donors (Lipinski definition) is 1. The SMILES string of the molecule is CN1C[C@@H](NC(=O)c2ccn(C)n2)Cc2ccccc21. The minimum atomic E-state index is -0.108. The first-order valence-electron chi connectivity index (χ1n) is 6.73. The van der Waals surface area contributed by atoms with Crippen LogP contribution >= 0.6 is 0 Å². The molecule has 1 aliphatic rings. The minimum Gasteiger partial charge on any atom is -0.372 e. The fourth-order valence-corrected chi connectivity index (χ4v) is 2.71. The molecule has 5 heteroatoms. The van der Waals surface area contributed by atoms with E-state index >= 15 is 0 Å². The molecular formula is C15H18N4O. The lowest BCUT2D eigenvalue weighted by Gasteiger charge is -2.33. The molecule has 1 aromatic heterocycles. The van der Waals surface area contributed by atoms with Crippen molar-refractivity contribution in [3.8, 4) is 0 Å². The predicted molar refractivity (Wildman–Crippen MR) is 77.9 cm³/mol. The minimum absolute atomic E-state index is 0.108. The number of para-hydroxylation sites is 1. The number of fused-ring (bicyclic) bond motifs is 1. The molecule has 2 heterocycles. The average Bonchev–Trinajstić information content (AvgIpc) is 2.86. The van der Waals surface area contributed by atoms with Crippen LogP contribution in [0.4, 0.5) is 5.69 Å². The van der Waals surface area contributed by atoms with Crippen molar-refractivity contribution in [2.45, 2.75) is 12.5 Å². The second kappa shape index (κ2) is 5.00. The van der Waals surface area contributed by atoms with E-state index in [1.165, 1.54) is 11.3 Å². The molecule has 0 bridgehead atoms. The summed E-state index contributed by atoms with van der Waals surface area (Å²) >= 11 is 0. The summed E-state index contributed by atoms with van der Waals surface area (Å²) in [4.78, 5) is 14.3. The van der Waals surface area contributed by atoms with Crippen LogP contribution in [0, 0.1) is 0 Å². The van der Waals surface area contributed by atoms with Gasteiger partial charge in [0.1, 0.15) is 5.69 Å². The Morgan fingerprint density at radius 3 is 2.85 bits per heavy atom. The van der Waals surface area contributed by atoms with E-state index in [-0.39, 0.29) is 11.9 Å². The van der Waals surface area contributed by atoms with Crippen molar-refractivity contribution in [3.05, 3.63) is 47.8 Å². The summed E-state index contributed by atoms with van der Waals surface area (Å²) in [6, 6.07) is 10.2. The van der Waals surface area contributed by atoms with E-state index in [9.17, 15) is 4.79 Å². The molecule has 0 saturated carbocycles. The molecule has 0 radical (unpaired) electrons. The van der Waals surface area contributed by atoms with Gasteiger partial charge < -0.3 is 10.2 Å². The van der Waals surface area contributed by atoms with Crippen molar-refractivity contribution in [2.24, 2.45) is 7.05 Å². The highest BCUT2D eigenvalue weighted by Gasteiger charge is 2.24. The van der Waals surface area contributed by atoms with Gasteiger partial charge in [-0.15, -0.1) is 0 Å². The number of aryl methyl sites for hydroxylation is 1. The van der Waals surface area contributed by atoms with E-state index in [2.05, 4.69) is 34.5 Å². The summed E-state index contributed by atoms with van der Waals surface area (Å²) in [7, 11) is 3.86. The third-order valence-corrected chi connectivity index (χ3v) is 3.64. The maximum Gasteiger partial charge on any atom is 0.272 e. The number of aromatic nitrogens is 2. The first-order chi connectivity index (χ1) is 9.63. The highest BCUT2D eigenvalue weighted by Crippen LogP contribution is 2.25. The summed E-state index contributed by atoms with van der Waals surface area (Å²) < 4.78 is 1.64. The van der Waals surface area contributed by atoms with E-state index in [4.69, 9.17) is 0 Å². The number of anilines is 1. The van der Waals surface area contributed by atoms with E-state index in [0.29, 0.717) is 5.69 Å². The fourth-order valence-electron chi connectivity index (χ4n) is 2.71. The monoisotopic (exact) mass is 270 g/mol. The summed E-state index contributed by atoms with van der Waals surface area (Å²) in [5.74, 6) is -0.108. The Hall–Kier alpha value is -2.30. The Labute approximate surface area is 118 Å². The van der Waals surface area contributed by atoms with Gasteiger partial charge in [0.15, 0.2) is 0 Å². The normalized spacial score (nSPS) is 17.7. The van der Waals surface area contributed by atoms with Gasteiger partial charge in [-0.3, -0.25) is 9.48 Å². The quantitative estimate of drug-likeness (QED) is 0.892. The van der Waals surface area contributed by atoms with Crippen LogP contribution in [0.3, 0.4) is 0 Å². The number of rotatable bonds is 2. The van der Waals surface area contributed by atoms with Crippen LogP contribution in [0.1, 0.15) is 16.1 Å². The van der Waals surface area contributed by atoms with Crippen LogP contribution in [-0.2, 0) is 13.5 Å². The second-order valence-electron chi connectivity index (χ2n) is 5.26. The number of carbonyl (C=O) groups is 1. The second-order valence-corrected chi connectivity index (χ2v) is 5.26. The van der Waals surface area contributed by atoms with Gasteiger partial charge in [0, 0.05) is 32.5 Å². The van der Waals surface area contributed by atoms with Gasteiger partial charge in [0.2, 0.25) is 0 Å².